The molecule has 0 spiro atoms. The summed E-state index contributed by atoms with van der Waals surface area (Å²) in [5, 5.41) is 13.6. The zero-order valence-electron chi connectivity index (χ0n) is 11.7. The second kappa shape index (κ2) is 5.47. The summed E-state index contributed by atoms with van der Waals surface area (Å²) in [7, 11) is 1.45. The summed E-state index contributed by atoms with van der Waals surface area (Å²) in [5.74, 6) is 0.743. The summed E-state index contributed by atoms with van der Waals surface area (Å²) in [5.41, 5.74) is 0. The summed E-state index contributed by atoms with van der Waals surface area (Å²) < 4.78 is 6.75. The van der Waals surface area contributed by atoms with E-state index in [0.717, 1.165) is 35.1 Å². The van der Waals surface area contributed by atoms with Gasteiger partial charge in [0, 0.05) is 6.42 Å². The molecule has 1 aliphatic carbocycles. The molecule has 20 heavy (non-hydrogen) atoms. The number of rotatable bonds is 4. The molecule has 108 valence electrons. The van der Waals surface area contributed by atoms with Crippen molar-refractivity contribution >= 4 is 22.3 Å². The number of aromatic nitrogens is 4. The van der Waals surface area contributed by atoms with Crippen molar-refractivity contribution < 1.29 is 9.53 Å². The number of aryl methyl sites for hydroxylation is 1. The van der Waals surface area contributed by atoms with Gasteiger partial charge in [0.15, 0.2) is 5.82 Å². The monoisotopic (exact) mass is 294 g/mol. The van der Waals surface area contributed by atoms with Crippen LogP contribution < -0.4 is 0 Å². The van der Waals surface area contributed by atoms with Gasteiger partial charge in [-0.25, -0.2) is 0 Å². The number of ether oxygens (including phenoxy) is 1. The highest BCUT2D eigenvalue weighted by Gasteiger charge is 2.36. The normalized spacial score (nSPS) is 17.7. The van der Waals surface area contributed by atoms with E-state index < -0.39 is 0 Å². The van der Waals surface area contributed by atoms with E-state index >= 15 is 0 Å². The van der Waals surface area contributed by atoms with Gasteiger partial charge in [0.05, 0.1) is 7.11 Å². The van der Waals surface area contributed by atoms with Crippen molar-refractivity contribution in [2.45, 2.75) is 44.9 Å². The molecule has 1 unspecified atom stereocenters. The van der Waals surface area contributed by atoms with Crippen LogP contribution in [0.3, 0.4) is 0 Å². The average molecular weight is 294 g/mol. The fourth-order valence-electron chi connectivity index (χ4n) is 2.93. The van der Waals surface area contributed by atoms with Gasteiger partial charge in [0.1, 0.15) is 10.9 Å². The Kier molecular flexibility index (Phi) is 3.69. The number of fused-ring (bicyclic) bond motifs is 1. The maximum atomic E-state index is 12.2. The Bertz CT molecular complexity index is 615. The van der Waals surface area contributed by atoms with Gasteiger partial charge in [-0.15, -0.1) is 10.2 Å². The molecule has 1 fully saturated rings. The molecule has 7 heteroatoms. The van der Waals surface area contributed by atoms with E-state index in [1.165, 1.54) is 31.3 Å². The van der Waals surface area contributed by atoms with Crippen molar-refractivity contribution in [2.24, 2.45) is 5.92 Å². The highest BCUT2D eigenvalue weighted by atomic mass is 32.1. The fraction of sp³-hybridized carbons (Fsp3) is 0.692. The Labute approximate surface area is 121 Å². The Morgan fingerprint density at radius 3 is 2.85 bits per heavy atom. The van der Waals surface area contributed by atoms with E-state index in [1.807, 2.05) is 6.92 Å². The second-order valence-corrected chi connectivity index (χ2v) is 6.14. The second-order valence-electron chi connectivity index (χ2n) is 5.15. The first-order chi connectivity index (χ1) is 9.74. The Hall–Kier alpha value is -1.50. The molecular weight excluding hydrogens is 276 g/mol. The van der Waals surface area contributed by atoms with E-state index in [2.05, 4.69) is 15.3 Å². The number of methoxy groups -OCH3 is 1. The molecule has 6 nitrogen and oxygen atoms in total. The van der Waals surface area contributed by atoms with E-state index in [4.69, 9.17) is 4.74 Å². The number of hydrogen-bond donors (Lipinski definition) is 0. The standard InChI is InChI=1S/C13H18N4O2S/c1-3-9-14-15-13-17(9)16-11(20-13)10(12(18)19-2)8-6-4-5-7-8/h8,10H,3-7H2,1-2H3. The molecule has 0 radical (unpaired) electrons. The van der Waals surface area contributed by atoms with Crippen LogP contribution in [0.1, 0.15) is 49.4 Å². The minimum Gasteiger partial charge on any atom is -0.468 e. The number of nitrogens with zero attached hydrogens (tertiary/aromatic N) is 4. The molecule has 0 aliphatic heterocycles. The van der Waals surface area contributed by atoms with Gasteiger partial charge in [0.25, 0.3) is 0 Å². The molecule has 0 amide bonds. The molecule has 0 aromatic carbocycles. The van der Waals surface area contributed by atoms with Crippen molar-refractivity contribution in [2.75, 3.05) is 7.11 Å². The molecule has 1 saturated carbocycles. The Morgan fingerprint density at radius 1 is 1.45 bits per heavy atom. The number of carbonyl (C=O) groups excluding carboxylic acids is 1. The fourth-order valence-corrected chi connectivity index (χ4v) is 3.97. The van der Waals surface area contributed by atoms with Crippen molar-refractivity contribution in [3.63, 3.8) is 0 Å². The molecule has 1 atom stereocenters. The van der Waals surface area contributed by atoms with Crippen LogP contribution in [0.5, 0.6) is 0 Å². The van der Waals surface area contributed by atoms with E-state index in [1.54, 1.807) is 4.52 Å². The smallest absolute Gasteiger partial charge is 0.315 e. The third-order valence-corrected chi connectivity index (χ3v) is 4.96. The van der Waals surface area contributed by atoms with Crippen molar-refractivity contribution in [1.82, 2.24) is 19.8 Å². The van der Waals surface area contributed by atoms with Crippen LogP contribution in [-0.2, 0) is 16.0 Å². The quantitative estimate of drug-likeness (QED) is 0.808. The van der Waals surface area contributed by atoms with Crippen LogP contribution in [0.25, 0.3) is 4.96 Å². The van der Waals surface area contributed by atoms with Gasteiger partial charge in [-0.2, -0.15) is 9.61 Å². The first-order valence-corrected chi connectivity index (χ1v) is 7.85. The first kappa shape index (κ1) is 13.5. The van der Waals surface area contributed by atoms with Crippen LogP contribution in [0.2, 0.25) is 0 Å². The van der Waals surface area contributed by atoms with E-state index in [0.29, 0.717) is 5.92 Å². The summed E-state index contributed by atoms with van der Waals surface area (Å²) in [6.07, 6.45) is 5.28. The van der Waals surface area contributed by atoms with E-state index in [-0.39, 0.29) is 11.9 Å². The molecule has 1 aliphatic rings. The predicted molar refractivity (Wildman–Crippen MR) is 74.8 cm³/mol. The molecule has 3 rings (SSSR count). The summed E-state index contributed by atoms with van der Waals surface area (Å²) in [6, 6.07) is 0. The Balaban J connectivity index is 1.99. The lowest BCUT2D eigenvalue weighted by atomic mass is 9.91. The number of hydrogen-bond acceptors (Lipinski definition) is 6. The van der Waals surface area contributed by atoms with Gasteiger partial charge in [-0.1, -0.05) is 31.1 Å². The predicted octanol–water partition coefficient (Wildman–Crippen LogP) is 2.20. The van der Waals surface area contributed by atoms with Crippen molar-refractivity contribution in [1.29, 1.82) is 0 Å². The summed E-state index contributed by atoms with van der Waals surface area (Å²) in [4.78, 5) is 12.9. The molecule has 2 heterocycles. The minimum atomic E-state index is -0.251. The minimum absolute atomic E-state index is 0.181. The van der Waals surface area contributed by atoms with Gasteiger partial charge >= 0.3 is 5.97 Å². The zero-order chi connectivity index (χ0) is 14.1. The molecule has 0 bridgehead atoms. The molecular formula is C13H18N4O2S. The lowest BCUT2D eigenvalue weighted by Gasteiger charge is -2.18. The maximum absolute atomic E-state index is 12.2. The van der Waals surface area contributed by atoms with Crippen LogP contribution in [0.15, 0.2) is 0 Å². The third-order valence-electron chi connectivity index (χ3n) is 3.98. The van der Waals surface area contributed by atoms with Gasteiger partial charge < -0.3 is 4.74 Å². The lowest BCUT2D eigenvalue weighted by Crippen LogP contribution is -2.21. The summed E-state index contributed by atoms with van der Waals surface area (Å²) in [6.45, 7) is 2.02. The Morgan fingerprint density at radius 2 is 2.20 bits per heavy atom. The topological polar surface area (TPSA) is 69.4 Å². The van der Waals surface area contributed by atoms with Crippen LogP contribution >= 0.6 is 11.3 Å². The van der Waals surface area contributed by atoms with Gasteiger partial charge in [-0.3, -0.25) is 4.79 Å². The highest BCUT2D eigenvalue weighted by molar-refractivity contribution is 7.16. The number of esters is 1. The van der Waals surface area contributed by atoms with Gasteiger partial charge in [0.2, 0.25) is 4.96 Å². The van der Waals surface area contributed by atoms with Crippen molar-refractivity contribution in [3.8, 4) is 0 Å². The molecule has 0 N–H and O–H groups in total. The maximum Gasteiger partial charge on any atom is 0.315 e. The van der Waals surface area contributed by atoms with Crippen LogP contribution in [0.4, 0.5) is 0 Å². The lowest BCUT2D eigenvalue weighted by molar-refractivity contribution is -0.143. The van der Waals surface area contributed by atoms with Crippen molar-refractivity contribution in [3.05, 3.63) is 10.8 Å². The molecule has 2 aromatic rings. The molecule has 2 aromatic heterocycles. The van der Waals surface area contributed by atoms with Crippen LogP contribution in [-0.4, -0.2) is 32.9 Å². The van der Waals surface area contributed by atoms with Gasteiger partial charge in [-0.05, 0) is 18.8 Å². The van der Waals surface area contributed by atoms with E-state index in [9.17, 15) is 4.79 Å². The third kappa shape index (κ3) is 2.19. The van der Waals surface area contributed by atoms with Crippen LogP contribution in [0, 0.1) is 5.92 Å². The average Bonchev–Trinajstić information content (AvgIpc) is 3.15. The molecule has 0 saturated heterocycles. The number of carbonyl (C=O) groups is 1. The SMILES string of the molecule is CCc1nnc2sc(C(C(=O)OC)C3CCCC3)nn12. The zero-order valence-corrected chi connectivity index (χ0v) is 12.5. The highest BCUT2D eigenvalue weighted by Crippen LogP contribution is 2.39. The summed E-state index contributed by atoms with van der Waals surface area (Å²) >= 11 is 1.45. The first-order valence-electron chi connectivity index (χ1n) is 7.03. The largest absolute Gasteiger partial charge is 0.468 e.